The third-order valence-electron chi connectivity index (χ3n) is 1.07. The average molecular weight is 204 g/mol. The van der Waals surface area contributed by atoms with E-state index in [-0.39, 0.29) is 0 Å². The van der Waals surface area contributed by atoms with Crippen LogP contribution < -0.4 is 9.47 Å². The Balaban J connectivity index is 3.07. The van der Waals surface area contributed by atoms with E-state index in [9.17, 15) is 5.21 Å². The molecule has 1 aromatic heterocycles. The lowest BCUT2D eigenvalue weighted by Crippen LogP contribution is -2.23. The van der Waals surface area contributed by atoms with Gasteiger partial charge < -0.3 is 9.94 Å². The minimum atomic E-state index is 0.659. The maximum Gasteiger partial charge on any atom is 0.198 e. The van der Waals surface area contributed by atoms with E-state index in [0.717, 1.165) is 0 Å². The maximum absolute atomic E-state index is 10.6. The Hall–Kier alpha value is -0.770. The number of pyridine rings is 1. The molecule has 0 amide bonds. The molecular weight excluding hydrogens is 198 g/mol. The normalized spacial score (nSPS) is 9.40. The molecule has 4 heteroatoms. The average Bonchev–Trinajstić information content (AvgIpc) is 1.88. The highest BCUT2D eigenvalue weighted by Gasteiger charge is 2.01. The second kappa shape index (κ2) is 2.88. The van der Waals surface area contributed by atoms with Gasteiger partial charge in [-0.2, -0.15) is 4.73 Å². The van der Waals surface area contributed by atoms with Crippen molar-refractivity contribution in [1.82, 2.24) is 0 Å². The van der Waals surface area contributed by atoms with Crippen LogP contribution in [0.2, 0.25) is 0 Å². The fourth-order valence-corrected chi connectivity index (χ4v) is 1.10. The van der Waals surface area contributed by atoms with E-state index in [2.05, 4.69) is 15.9 Å². The summed E-state index contributed by atoms with van der Waals surface area (Å²) in [5.41, 5.74) is 0. The Labute approximate surface area is 67.0 Å². The van der Waals surface area contributed by atoms with Gasteiger partial charge >= 0.3 is 0 Å². The van der Waals surface area contributed by atoms with Crippen LogP contribution in [0, 0.1) is 5.21 Å². The van der Waals surface area contributed by atoms with Crippen molar-refractivity contribution in [2.75, 3.05) is 7.11 Å². The number of nitrogens with zero attached hydrogens (tertiary/aromatic N) is 1. The molecule has 10 heavy (non-hydrogen) atoms. The molecule has 0 saturated carbocycles. The van der Waals surface area contributed by atoms with Crippen LogP contribution in [0.15, 0.2) is 22.9 Å². The van der Waals surface area contributed by atoms with Crippen LogP contribution in [0.4, 0.5) is 0 Å². The van der Waals surface area contributed by atoms with Gasteiger partial charge in [-0.25, -0.2) is 0 Å². The number of ether oxygens (including phenoxy) is 1. The molecule has 1 rings (SSSR count). The predicted octanol–water partition coefficient (Wildman–Crippen LogP) is 1.09. The van der Waals surface area contributed by atoms with Crippen LogP contribution >= 0.6 is 15.9 Å². The third kappa shape index (κ3) is 1.39. The van der Waals surface area contributed by atoms with Crippen LogP contribution in [0.3, 0.4) is 0 Å². The van der Waals surface area contributed by atoms with Gasteiger partial charge in [-0.05, 0) is 15.9 Å². The zero-order valence-electron chi connectivity index (χ0n) is 5.37. The van der Waals surface area contributed by atoms with E-state index in [1.54, 1.807) is 13.2 Å². The van der Waals surface area contributed by atoms with Crippen molar-refractivity contribution in [1.29, 1.82) is 0 Å². The Morgan fingerprint density at radius 3 is 2.90 bits per heavy atom. The molecule has 0 bridgehead atoms. The molecule has 0 unspecified atom stereocenters. The number of hydrogen-bond acceptors (Lipinski definition) is 2. The Morgan fingerprint density at radius 2 is 2.40 bits per heavy atom. The lowest BCUT2D eigenvalue weighted by atomic mass is 10.5. The summed E-state index contributed by atoms with van der Waals surface area (Å²) >= 11 is 3.16. The highest BCUT2D eigenvalue weighted by molar-refractivity contribution is 9.10. The van der Waals surface area contributed by atoms with E-state index >= 15 is 0 Å². The monoisotopic (exact) mass is 203 g/mol. The van der Waals surface area contributed by atoms with Crippen LogP contribution in [0.25, 0.3) is 0 Å². The smallest absolute Gasteiger partial charge is 0.198 e. The number of halogens is 1. The van der Waals surface area contributed by atoms with Gasteiger partial charge in [0.2, 0.25) is 0 Å². The summed E-state index contributed by atoms with van der Waals surface area (Å²) in [4.78, 5) is 0. The molecule has 1 heterocycles. The molecule has 1 aromatic rings. The molecule has 0 aliphatic heterocycles. The summed E-state index contributed by atoms with van der Waals surface area (Å²) in [5, 5.41) is 10.6. The van der Waals surface area contributed by atoms with E-state index in [0.29, 0.717) is 15.0 Å². The molecule has 54 valence electrons. The predicted molar refractivity (Wildman–Crippen MR) is 39.7 cm³/mol. The molecule has 0 aliphatic rings. The topological polar surface area (TPSA) is 36.2 Å². The van der Waals surface area contributed by atoms with E-state index in [1.807, 2.05) is 0 Å². The van der Waals surface area contributed by atoms with Crippen LogP contribution in [0.1, 0.15) is 0 Å². The minimum Gasteiger partial charge on any atom is -0.619 e. The molecule has 0 fully saturated rings. The fourth-order valence-electron chi connectivity index (χ4n) is 0.605. The molecule has 3 nitrogen and oxygen atoms in total. The molecule has 0 radical (unpaired) electrons. The van der Waals surface area contributed by atoms with Crippen LogP contribution in [-0.4, -0.2) is 7.11 Å². The van der Waals surface area contributed by atoms with Crippen LogP contribution in [-0.2, 0) is 0 Å². The van der Waals surface area contributed by atoms with Crippen molar-refractivity contribution in [3.63, 3.8) is 0 Å². The molecular formula is C6H6BrNO2. The second-order valence-corrected chi connectivity index (χ2v) is 2.58. The molecule has 0 atom stereocenters. The van der Waals surface area contributed by atoms with Crippen molar-refractivity contribution in [2.24, 2.45) is 0 Å². The van der Waals surface area contributed by atoms with Crippen molar-refractivity contribution in [3.8, 4) is 5.75 Å². The lowest BCUT2D eigenvalue weighted by Gasteiger charge is -2.00. The van der Waals surface area contributed by atoms with Gasteiger partial charge in [0.05, 0.1) is 7.11 Å². The first-order valence-corrected chi connectivity index (χ1v) is 3.45. The van der Waals surface area contributed by atoms with Gasteiger partial charge in [-0.3, -0.25) is 0 Å². The van der Waals surface area contributed by atoms with E-state index in [4.69, 9.17) is 4.74 Å². The quantitative estimate of drug-likeness (QED) is 0.507. The Morgan fingerprint density at radius 1 is 1.70 bits per heavy atom. The zero-order chi connectivity index (χ0) is 7.56. The fraction of sp³-hybridized carbons (Fsp3) is 0.167. The standard InChI is InChI=1S/C6H6BrNO2/c1-10-6-2-3-8(9)4-5(6)7/h2-4H,1H3. The summed E-state index contributed by atoms with van der Waals surface area (Å²) in [6.07, 6.45) is 2.77. The van der Waals surface area contributed by atoms with E-state index in [1.165, 1.54) is 12.4 Å². The van der Waals surface area contributed by atoms with Crippen molar-refractivity contribution < 1.29 is 9.47 Å². The van der Waals surface area contributed by atoms with Gasteiger partial charge in [0.25, 0.3) is 0 Å². The number of hydrogen-bond donors (Lipinski definition) is 0. The lowest BCUT2D eigenvalue weighted by molar-refractivity contribution is -0.606. The molecule has 0 aliphatic carbocycles. The van der Waals surface area contributed by atoms with Gasteiger partial charge in [0, 0.05) is 6.07 Å². The SMILES string of the molecule is COc1cc[n+]([O-])cc1Br. The highest BCUT2D eigenvalue weighted by Crippen LogP contribution is 2.20. The summed E-state index contributed by atoms with van der Waals surface area (Å²) < 4.78 is 6.26. The van der Waals surface area contributed by atoms with E-state index < -0.39 is 0 Å². The third-order valence-corrected chi connectivity index (χ3v) is 1.66. The summed E-state index contributed by atoms with van der Waals surface area (Å²) in [6, 6.07) is 1.59. The zero-order valence-corrected chi connectivity index (χ0v) is 6.96. The van der Waals surface area contributed by atoms with Gasteiger partial charge in [0.1, 0.15) is 10.2 Å². The van der Waals surface area contributed by atoms with Crippen LogP contribution in [0.5, 0.6) is 5.75 Å². The highest BCUT2D eigenvalue weighted by atomic mass is 79.9. The van der Waals surface area contributed by atoms with Gasteiger partial charge in [-0.1, -0.05) is 0 Å². The first-order chi connectivity index (χ1) is 4.74. The largest absolute Gasteiger partial charge is 0.619 e. The summed E-state index contributed by atoms with van der Waals surface area (Å²) in [6.45, 7) is 0. The number of methoxy groups -OCH3 is 1. The van der Waals surface area contributed by atoms with Gasteiger partial charge in [0.15, 0.2) is 12.4 Å². The first-order valence-electron chi connectivity index (χ1n) is 2.66. The van der Waals surface area contributed by atoms with Crippen molar-refractivity contribution >= 4 is 15.9 Å². The number of aromatic nitrogens is 1. The summed E-state index contributed by atoms with van der Waals surface area (Å²) in [7, 11) is 1.55. The minimum absolute atomic E-state index is 0.659. The summed E-state index contributed by atoms with van der Waals surface area (Å²) in [5.74, 6) is 0.659. The Bertz CT molecular complexity index is 239. The maximum atomic E-state index is 10.6. The van der Waals surface area contributed by atoms with Crippen molar-refractivity contribution in [2.45, 2.75) is 0 Å². The molecule has 0 N–H and O–H groups in total. The van der Waals surface area contributed by atoms with Gasteiger partial charge in [-0.15, -0.1) is 0 Å². The van der Waals surface area contributed by atoms with Crippen molar-refractivity contribution in [3.05, 3.63) is 28.1 Å². The first kappa shape index (κ1) is 7.34. The number of rotatable bonds is 1. The second-order valence-electron chi connectivity index (χ2n) is 1.72. The molecule has 0 saturated heterocycles. The Kier molecular flexibility index (Phi) is 2.11. The molecule has 0 spiro atoms. The molecule has 0 aromatic carbocycles.